The number of methoxy groups -OCH3 is 1. The normalized spacial score (nSPS) is 13.9. The number of piperidine rings is 1. The highest BCUT2D eigenvalue weighted by molar-refractivity contribution is 6.00. The number of hydrogen-bond donors (Lipinski definition) is 1. The van der Waals surface area contributed by atoms with E-state index in [1.54, 1.807) is 18.0 Å². The summed E-state index contributed by atoms with van der Waals surface area (Å²) in [6.07, 6.45) is 3.00. The van der Waals surface area contributed by atoms with Crippen LogP contribution in [-0.4, -0.2) is 46.7 Å². The van der Waals surface area contributed by atoms with Crippen LogP contribution in [0.5, 0.6) is 5.75 Å². The topological polar surface area (TPSA) is 76.5 Å². The van der Waals surface area contributed by atoms with Crippen molar-refractivity contribution in [2.75, 3.05) is 25.5 Å². The molecule has 4 aromatic rings. The summed E-state index contributed by atoms with van der Waals surface area (Å²) in [6.45, 7) is 1.02. The average Bonchev–Trinajstić information content (AvgIpc) is 3.40. The lowest BCUT2D eigenvalue weighted by molar-refractivity contribution is -0.121. The van der Waals surface area contributed by atoms with Gasteiger partial charge in [0.15, 0.2) is 0 Å². The Morgan fingerprint density at radius 3 is 2.22 bits per heavy atom. The van der Waals surface area contributed by atoms with Crippen molar-refractivity contribution in [3.05, 3.63) is 96.7 Å². The second kappa shape index (κ2) is 10.5. The quantitative estimate of drug-likeness (QED) is 0.420. The first kappa shape index (κ1) is 23.4. The zero-order chi connectivity index (χ0) is 24.9. The summed E-state index contributed by atoms with van der Waals surface area (Å²) in [5.74, 6) is 0.343. The highest BCUT2D eigenvalue weighted by atomic mass is 16.5. The summed E-state index contributed by atoms with van der Waals surface area (Å²) in [6, 6.07) is 26.9. The SMILES string of the molecule is COc1ccccc1NC(=O)C1CCN(C(=O)c2cn(-c3ccccc3)nc2-c2ccccc2)CC1. The van der Waals surface area contributed by atoms with E-state index < -0.39 is 0 Å². The van der Waals surface area contributed by atoms with Crippen LogP contribution in [0.1, 0.15) is 23.2 Å². The number of benzene rings is 3. The zero-order valence-corrected chi connectivity index (χ0v) is 20.1. The van der Waals surface area contributed by atoms with Crippen LogP contribution in [0.15, 0.2) is 91.1 Å². The van der Waals surface area contributed by atoms with Crippen molar-refractivity contribution in [1.82, 2.24) is 14.7 Å². The van der Waals surface area contributed by atoms with Gasteiger partial charge in [-0.2, -0.15) is 5.10 Å². The molecule has 1 N–H and O–H groups in total. The Bertz CT molecular complexity index is 1340. The van der Waals surface area contributed by atoms with Crippen LogP contribution in [0, 0.1) is 5.92 Å². The summed E-state index contributed by atoms with van der Waals surface area (Å²) in [5.41, 5.74) is 3.65. The maximum atomic E-state index is 13.6. The molecule has 5 rings (SSSR count). The molecule has 182 valence electrons. The van der Waals surface area contributed by atoms with Crippen molar-refractivity contribution < 1.29 is 14.3 Å². The Kier molecular flexibility index (Phi) is 6.80. The van der Waals surface area contributed by atoms with Gasteiger partial charge in [-0.25, -0.2) is 4.68 Å². The van der Waals surface area contributed by atoms with E-state index in [9.17, 15) is 9.59 Å². The fraction of sp³-hybridized carbons (Fsp3) is 0.207. The molecule has 0 atom stereocenters. The number of carbonyl (C=O) groups is 2. The summed E-state index contributed by atoms with van der Waals surface area (Å²) in [4.78, 5) is 28.4. The minimum atomic E-state index is -0.167. The molecule has 1 aliphatic heterocycles. The zero-order valence-electron chi connectivity index (χ0n) is 20.1. The van der Waals surface area contributed by atoms with Crippen molar-refractivity contribution in [3.8, 4) is 22.7 Å². The maximum Gasteiger partial charge on any atom is 0.257 e. The Morgan fingerprint density at radius 2 is 1.53 bits per heavy atom. The number of anilines is 1. The van der Waals surface area contributed by atoms with Crippen LogP contribution in [-0.2, 0) is 4.79 Å². The van der Waals surface area contributed by atoms with Crippen LogP contribution >= 0.6 is 0 Å². The molecular weight excluding hydrogens is 452 g/mol. The van der Waals surface area contributed by atoms with Crippen LogP contribution < -0.4 is 10.1 Å². The Hall–Kier alpha value is -4.39. The van der Waals surface area contributed by atoms with Crippen LogP contribution in [0.25, 0.3) is 16.9 Å². The van der Waals surface area contributed by atoms with Gasteiger partial charge in [0.2, 0.25) is 5.91 Å². The number of carbonyl (C=O) groups excluding carboxylic acids is 2. The number of likely N-dealkylation sites (tertiary alicyclic amines) is 1. The van der Waals surface area contributed by atoms with Crippen LogP contribution in [0.4, 0.5) is 5.69 Å². The van der Waals surface area contributed by atoms with Crippen molar-refractivity contribution in [2.24, 2.45) is 5.92 Å². The van der Waals surface area contributed by atoms with Gasteiger partial charge in [-0.05, 0) is 37.1 Å². The summed E-state index contributed by atoms with van der Waals surface area (Å²) < 4.78 is 7.09. The lowest BCUT2D eigenvalue weighted by Crippen LogP contribution is -2.41. The van der Waals surface area contributed by atoms with Gasteiger partial charge >= 0.3 is 0 Å². The molecule has 0 bridgehead atoms. The van der Waals surface area contributed by atoms with E-state index >= 15 is 0 Å². The third-order valence-corrected chi connectivity index (χ3v) is 6.53. The molecule has 0 saturated carbocycles. The Labute approximate surface area is 210 Å². The molecule has 0 aliphatic carbocycles. The molecule has 2 amide bonds. The molecule has 1 fully saturated rings. The summed E-state index contributed by atoms with van der Waals surface area (Å²) >= 11 is 0. The lowest BCUT2D eigenvalue weighted by atomic mass is 9.95. The van der Waals surface area contributed by atoms with E-state index in [4.69, 9.17) is 9.84 Å². The Balaban J connectivity index is 1.32. The van der Waals surface area contributed by atoms with Gasteiger partial charge < -0.3 is 15.0 Å². The maximum absolute atomic E-state index is 13.6. The predicted octanol–water partition coefficient (Wildman–Crippen LogP) is 5.04. The van der Waals surface area contributed by atoms with Gasteiger partial charge in [0, 0.05) is 30.8 Å². The molecular formula is C29H28N4O3. The number of aromatic nitrogens is 2. The molecule has 1 aromatic heterocycles. The van der Waals surface area contributed by atoms with Crippen LogP contribution in [0.3, 0.4) is 0 Å². The number of nitrogens with zero attached hydrogens (tertiary/aromatic N) is 3. The number of amides is 2. The first-order valence-electron chi connectivity index (χ1n) is 12.1. The smallest absolute Gasteiger partial charge is 0.257 e. The van der Waals surface area contributed by atoms with Gasteiger partial charge in [-0.3, -0.25) is 9.59 Å². The fourth-order valence-corrected chi connectivity index (χ4v) is 4.55. The molecule has 0 radical (unpaired) electrons. The van der Waals surface area contributed by atoms with Gasteiger partial charge in [0.1, 0.15) is 11.4 Å². The van der Waals surface area contributed by atoms with Crippen molar-refractivity contribution in [2.45, 2.75) is 12.8 Å². The van der Waals surface area contributed by atoms with E-state index in [0.717, 1.165) is 11.3 Å². The molecule has 1 saturated heterocycles. The van der Waals surface area contributed by atoms with Gasteiger partial charge in [-0.1, -0.05) is 60.7 Å². The fourth-order valence-electron chi connectivity index (χ4n) is 4.55. The number of nitrogens with one attached hydrogen (secondary N) is 1. The van der Waals surface area contributed by atoms with E-state index in [1.165, 1.54) is 0 Å². The van der Waals surface area contributed by atoms with E-state index in [-0.39, 0.29) is 17.7 Å². The van der Waals surface area contributed by atoms with Crippen molar-refractivity contribution >= 4 is 17.5 Å². The van der Waals surface area contributed by atoms with Gasteiger partial charge in [0.25, 0.3) is 5.91 Å². The predicted molar refractivity (Wildman–Crippen MR) is 139 cm³/mol. The van der Waals surface area contributed by atoms with E-state index in [0.29, 0.717) is 48.6 Å². The first-order valence-corrected chi connectivity index (χ1v) is 12.1. The molecule has 3 aromatic carbocycles. The first-order chi connectivity index (χ1) is 17.6. The average molecular weight is 481 g/mol. The molecule has 7 heteroatoms. The minimum absolute atomic E-state index is 0.0477. The second-order valence-electron chi connectivity index (χ2n) is 8.79. The van der Waals surface area contributed by atoms with Crippen LogP contribution in [0.2, 0.25) is 0 Å². The third-order valence-electron chi connectivity index (χ3n) is 6.53. The van der Waals surface area contributed by atoms with Crippen molar-refractivity contribution in [3.63, 3.8) is 0 Å². The third kappa shape index (κ3) is 4.86. The number of para-hydroxylation sites is 3. The summed E-state index contributed by atoms with van der Waals surface area (Å²) in [7, 11) is 1.58. The molecule has 1 aliphatic rings. The molecule has 0 spiro atoms. The monoisotopic (exact) mass is 480 g/mol. The largest absolute Gasteiger partial charge is 0.495 e. The Morgan fingerprint density at radius 1 is 0.889 bits per heavy atom. The number of ether oxygens (including phenoxy) is 1. The molecule has 0 unspecified atom stereocenters. The second-order valence-corrected chi connectivity index (χ2v) is 8.79. The van der Waals surface area contributed by atoms with E-state index in [2.05, 4.69) is 5.32 Å². The molecule has 7 nitrogen and oxygen atoms in total. The molecule has 2 heterocycles. The van der Waals surface area contributed by atoms with E-state index in [1.807, 2.05) is 89.8 Å². The minimum Gasteiger partial charge on any atom is -0.495 e. The number of hydrogen-bond acceptors (Lipinski definition) is 4. The highest BCUT2D eigenvalue weighted by Crippen LogP contribution is 2.28. The van der Waals surface area contributed by atoms with Gasteiger partial charge in [0.05, 0.1) is 24.0 Å². The number of rotatable bonds is 6. The highest BCUT2D eigenvalue weighted by Gasteiger charge is 2.30. The van der Waals surface area contributed by atoms with Gasteiger partial charge in [-0.15, -0.1) is 0 Å². The standard InChI is InChI=1S/C29H28N4O3/c1-36-26-15-9-8-14-25(26)30-28(34)22-16-18-32(19-17-22)29(35)24-20-33(23-12-6-3-7-13-23)31-27(24)21-10-4-2-5-11-21/h2-15,20,22H,16-19H2,1H3,(H,30,34). The lowest BCUT2D eigenvalue weighted by Gasteiger charge is -2.31. The van der Waals surface area contributed by atoms with Crippen molar-refractivity contribution in [1.29, 1.82) is 0 Å². The molecule has 36 heavy (non-hydrogen) atoms. The summed E-state index contributed by atoms with van der Waals surface area (Å²) in [5, 5.41) is 7.74.